The Morgan fingerprint density at radius 1 is 1.47 bits per heavy atom. The standard InChI is InChI=1S/C11H18N2O2S2/c1-8(12-2)10-7-13-11(16-10)9-3-5-17(14,15)6-4-9/h7-9,12H,3-6H2,1-2H3. The van der Waals surface area contributed by atoms with Gasteiger partial charge in [0, 0.05) is 23.0 Å². The maximum absolute atomic E-state index is 11.4. The molecule has 1 atom stereocenters. The Balaban J connectivity index is 2.06. The summed E-state index contributed by atoms with van der Waals surface area (Å²) < 4.78 is 22.7. The van der Waals surface area contributed by atoms with Gasteiger partial charge in [-0.2, -0.15) is 0 Å². The molecule has 1 aromatic heterocycles. The second-order valence-corrected chi connectivity index (χ2v) is 7.93. The Hall–Kier alpha value is -0.460. The van der Waals surface area contributed by atoms with E-state index < -0.39 is 9.84 Å². The zero-order valence-corrected chi connectivity index (χ0v) is 11.8. The molecule has 0 spiro atoms. The van der Waals surface area contributed by atoms with Crippen molar-refractivity contribution in [1.82, 2.24) is 10.3 Å². The first-order valence-electron chi connectivity index (χ1n) is 5.85. The van der Waals surface area contributed by atoms with Crippen LogP contribution in [0.2, 0.25) is 0 Å². The highest BCUT2D eigenvalue weighted by Gasteiger charge is 2.26. The number of rotatable bonds is 3. The van der Waals surface area contributed by atoms with E-state index in [-0.39, 0.29) is 0 Å². The number of nitrogens with zero attached hydrogens (tertiary/aromatic N) is 1. The fourth-order valence-electron chi connectivity index (χ4n) is 1.97. The van der Waals surface area contributed by atoms with Gasteiger partial charge in [-0.05, 0) is 26.8 Å². The third kappa shape index (κ3) is 3.05. The number of thiazole rings is 1. The molecule has 2 rings (SSSR count). The molecule has 1 aromatic rings. The van der Waals surface area contributed by atoms with Crippen LogP contribution in [0, 0.1) is 0 Å². The lowest BCUT2D eigenvalue weighted by Gasteiger charge is -2.19. The van der Waals surface area contributed by atoms with Crippen LogP contribution in [0.4, 0.5) is 0 Å². The van der Waals surface area contributed by atoms with E-state index in [4.69, 9.17) is 0 Å². The van der Waals surface area contributed by atoms with Crippen LogP contribution in [0.3, 0.4) is 0 Å². The van der Waals surface area contributed by atoms with Crippen molar-refractivity contribution in [3.63, 3.8) is 0 Å². The van der Waals surface area contributed by atoms with Gasteiger partial charge < -0.3 is 5.32 Å². The molecule has 0 amide bonds. The average Bonchev–Trinajstić information content (AvgIpc) is 2.77. The first kappa shape index (κ1) is 13.0. The zero-order chi connectivity index (χ0) is 12.5. The molecule has 0 saturated carbocycles. The Kier molecular flexibility index (Phi) is 3.85. The van der Waals surface area contributed by atoms with Gasteiger partial charge >= 0.3 is 0 Å². The summed E-state index contributed by atoms with van der Waals surface area (Å²) in [5.41, 5.74) is 0. The third-order valence-electron chi connectivity index (χ3n) is 3.31. The predicted octanol–water partition coefficient (Wildman–Crippen LogP) is 1.72. The maximum Gasteiger partial charge on any atom is 0.150 e. The van der Waals surface area contributed by atoms with Gasteiger partial charge in [-0.15, -0.1) is 11.3 Å². The molecule has 1 aliphatic rings. The Bertz CT molecular complexity index is 467. The van der Waals surface area contributed by atoms with Gasteiger partial charge in [0.05, 0.1) is 16.5 Å². The van der Waals surface area contributed by atoms with E-state index in [0.29, 0.717) is 23.5 Å². The van der Waals surface area contributed by atoms with E-state index in [2.05, 4.69) is 17.2 Å². The van der Waals surface area contributed by atoms with Gasteiger partial charge in [0.1, 0.15) is 9.84 Å². The molecular formula is C11H18N2O2S2. The minimum absolute atomic E-state index is 0.313. The molecule has 6 heteroatoms. The van der Waals surface area contributed by atoms with Crippen LogP contribution >= 0.6 is 11.3 Å². The summed E-state index contributed by atoms with van der Waals surface area (Å²) in [5.74, 6) is 0.962. The normalized spacial score (nSPS) is 22.5. The number of nitrogens with one attached hydrogen (secondary N) is 1. The topological polar surface area (TPSA) is 59.1 Å². The van der Waals surface area contributed by atoms with Gasteiger partial charge in [-0.25, -0.2) is 13.4 Å². The maximum atomic E-state index is 11.4. The zero-order valence-electron chi connectivity index (χ0n) is 10.1. The van der Waals surface area contributed by atoms with Gasteiger partial charge in [-0.1, -0.05) is 0 Å². The highest BCUT2D eigenvalue weighted by atomic mass is 32.2. The SMILES string of the molecule is CNC(C)c1cnc(C2CCS(=O)(=O)CC2)s1. The minimum Gasteiger partial charge on any atom is -0.312 e. The summed E-state index contributed by atoms with van der Waals surface area (Å²) in [6.07, 6.45) is 3.36. The lowest BCUT2D eigenvalue weighted by atomic mass is 10.0. The van der Waals surface area contributed by atoms with Crippen molar-refractivity contribution >= 4 is 21.2 Å². The summed E-state index contributed by atoms with van der Waals surface area (Å²) >= 11 is 1.70. The molecular weight excluding hydrogens is 256 g/mol. The Morgan fingerprint density at radius 2 is 2.12 bits per heavy atom. The highest BCUT2D eigenvalue weighted by molar-refractivity contribution is 7.91. The molecule has 0 radical (unpaired) electrons. The molecule has 0 bridgehead atoms. The van der Waals surface area contributed by atoms with Crippen molar-refractivity contribution in [2.75, 3.05) is 18.6 Å². The van der Waals surface area contributed by atoms with Crippen LogP contribution in [0.15, 0.2) is 6.20 Å². The van der Waals surface area contributed by atoms with Crippen molar-refractivity contribution in [1.29, 1.82) is 0 Å². The number of sulfone groups is 1. The molecule has 1 aliphatic heterocycles. The number of aromatic nitrogens is 1. The molecule has 1 unspecified atom stereocenters. The summed E-state index contributed by atoms with van der Waals surface area (Å²) in [4.78, 5) is 5.66. The van der Waals surface area contributed by atoms with E-state index >= 15 is 0 Å². The molecule has 1 fully saturated rings. The first-order chi connectivity index (χ1) is 8.02. The number of hydrogen-bond acceptors (Lipinski definition) is 5. The highest BCUT2D eigenvalue weighted by Crippen LogP contribution is 2.33. The van der Waals surface area contributed by atoms with Gasteiger partial charge in [-0.3, -0.25) is 0 Å². The van der Waals surface area contributed by atoms with E-state index in [0.717, 1.165) is 17.8 Å². The van der Waals surface area contributed by atoms with Gasteiger partial charge in [0.15, 0.2) is 0 Å². The van der Waals surface area contributed by atoms with E-state index in [1.165, 1.54) is 4.88 Å². The van der Waals surface area contributed by atoms with Crippen LogP contribution in [-0.4, -0.2) is 32.0 Å². The Labute approximate surface area is 106 Å². The molecule has 96 valence electrons. The molecule has 1 N–H and O–H groups in total. The summed E-state index contributed by atoms with van der Waals surface area (Å²) in [5, 5.41) is 4.28. The molecule has 2 heterocycles. The lowest BCUT2D eigenvalue weighted by molar-refractivity contribution is 0.549. The van der Waals surface area contributed by atoms with Crippen molar-refractivity contribution in [3.8, 4) is 0 Å². The second kappa shape index (κ2) is 5.04. The van der Waals surface area contributed by atoms with Crippen LogP contribution in [0.25, 0.3) is 0 Å². The second-order valence-electron chi connectivity index (χ2n) is 4.54. The Morgan fingerprint density at radius 3 is 2.71 bits per heavy atom. The first-order valence-corrected chi connectivity index (χ1v) is 8.49. The van der Waals surface area contributed by atoms with Crippen LogP contribution in [0.5, 0.6) is 0 Å². The molecule has 4 nitrogen and oxygen atoms in total. The van der Waals surface area contributed by atoms with Crippen molar-refractivity contribution in [3.05, 3.63) is 16.1 Å². The van der Waals surface area contributed by atoms with Gasteiger partial charge in [0.25, 0.3) is 0 Å². The summed E-state index contributed by atoms with van der Waals surface area (Å²) in [6, 6.07) is 0.313. The monoisotopic (exact) mass is 274 g/mol. The molecule has 0 aliphatic carbocycles. The fraction of sp³-hybridized carbons (Fsp3) is 0.727. The van der Waals surface area contributed by atoms with Crippen molar-refractivity contribution in [2.45, 2.75) is 31.7 Å². The molecule has 1 saturated heterocycles. The predicted molar refractivity (Wildman–Crippen MR) is 70.2 cm³/mol. The van der Waals surface area contributed by atoms with Crippen LogP contribution < -0.4 is 5.32 Å². The quantitative estimate of drug-likeness (QED) is 0.911. The summed E-state index contributed by atoms with van der Waals surface area (Å²) in [7, 11) is -0.846. The van der Waals surface area contributed by atoms with Crippen molar-refractivity contribution < 1.29 is 8.42 Å². The number of hydrogen-bond donors (Lipinski definition) is 1. The van der Waals surface area contributed by atoms with Crippen LogP contribution in [-0.2, 0) is 9.84 Å². The van der Waals surface area contributed by atoms with Gasteiger partial charge in [0.2, 0.25) is 0 Å². The smallest absolute Gasteiger partial charge is 0.150 e. The van der Waals surface area contributed by atoms with E-state index in [9.17, 15) is 8.42 Å². The largest absolute Gasteiger partial charge is 0.312 e. The van der Waals surface area contributed by atoms with Crippen LogP contribution in [0.1, 0.15) is 41.6 Å². The van der Waals surface area contributed by atoms with Crippen molar-refractivity contribution in [2.24, 2.45) is 0 Å². The lowest BCUT2D eigenvalue weighted by Crippen LogP contribution is -2.21. The summed E-state index contributed by atoms with van der Waals surface area (Å²) in [6.45, 7) is 2.10. The van der Waals surface area contributed by atoms with E-state index in [1.54, 1.807) is 11.3 Å². The minimum atomic E-state index is -2.77. The average molecular weight is 274 g/mol. The third-order valence-corrected chi connectivity index (χ3v) is 6.36. The molecule has 0 aromatic carbocycles. The molecule has 17 heavy (non-hydrogen) atoms. The fourth-order valence-corrected chi connectivity index (χ4v) is 4.61. The van der Waals surface area contributed by atoms with E-state index in [1.807, 2.05) is 13.2 Å².